The Balaban J connectivity index is 1.98. The number of hydrogen-bond acceptors (Lipinski definition) is 3. The molecule has 0 saturated carbocycles. The highest BCUT2D eigenvalue weighted by Gasteiger charge is 2.35. The van der Waals surface area contributed by atoms with Gasteiger partial charge in [-0.2, -0.15) is 0 Å². The maximum Gasteiger partial charge on any atom is 0.253 e. The van der Waals surface area contributed by atoms with Crippen molar-refractivity contribution in [3.63, 3.8) is 0 Å². The number of nitrogens with zero attached hydrogens (tertiary/aromatic N) is 2. The number of amides is 1. The van der Waals surface area contributed by atoms with Gasteiger partial charge < -0.3 is 10.6 Å². The first kappa shape index (κ1) is 14.8. The molecular weight excluding hydrogens is 337 g/mol. The third kappa shape index (κ3) is 2.66. The van der Waals surface area contributed by atoms with Crippen LogP contribution in [-0.2, 0) is 0 Å². The van der Waals surface area contributed by atoms with Crippen molar-refractivity contribution in [1.82, 2.24) is 4.90 Å². The molecule has 2 saturated heterocycles. The van der Waals surface area contributed by atoms with Crippen molar-refractivity contribution in [3.8, 4) is 0 Å². The van der Waals surface area contributed by atoms with Crippen LogP contribution in [0.25, 0.3) is 0 Å². The lowest BCUT2D eigenvalue weighted by Crippen LogP contribution is -2.37. The quantitative estimate of drug-likeness (QED) is 0.885. The van der Waals surface area contributed by atoms with Crippen molar-refractivity contribution < 1.29 is 9.18 Å². The summed E-state index contributed by atoms with van der Waals surface area (Å²) in [4.78, 5) is 16.2. The molecule has 114 valence electrons. The Morgan fingerprint density at radius 1 is 1.33 bits per heavy atom. The van der Waals surface area contributed by atoms with E-state index in [0.29, 0.717) is 22.2 Å². The second kappa shape index (κ2) is 5.57. The maximum absolute atomic E-state index is 14.1. The van der Waals surface area contributed by atoms with Crippen LogP contribution in [0.5, 0.6) is 0 Å². The number of primary amides is 1. The van der Waals surface area contributed by atoms with E-state index in [1.165, 1.54) is 12.5 Å². The topological polar surface area (TPSA) is 49.6 Å². The van der Waals surface area contributed by atoms with Crippen LogP contribution in [0.2, 0.25) is 0 Å². The Labute approximate surface area is 132 Å². The summed E-state index contributed by atoms with van der Waals surface area (Å²) < 4.78 is 14.7. The third-order valence-corrected chi connectivity index (χ3v) is 5.23. The van der Waals surface area contributed by atoms with Crippen LogP contribution in [0.15, 0.2) is 16.6 Å². The fraction of sp³-hybridized carbons (Fsp3) is 0.533. The van der Waals surface area contributed by atoms with Crippen LogP contribution in [0.4, 0.5) is 10.1 Å². The fourth-order valence-corrected chi connectivity index (χ4v) is 4.00. The highest BCUT2D eigenvalue weighted by Crippen LogP contribution is 2.34. The number of hydrogen-bond donors (Lipinski definition) is 1. The smallest absolute Gasteiger partial charge is 0.253 e. The van der Waals surface area contributed by atoms with Gasteiger partial charge in [-0.05, 0) is 38.4 Å². The largest absolute Gasteiger partial charge is 0.369 e. The first-order valence-electron chi connectivity index (χ1n) is 7.23. The zero-order chi connectivity index (χ0) is 15.1. The SMILES string of the molecule is CN1C2CCC1CN(c1cc(Br)cc(F)c1C(N)=O)CC2. The van der Waals surface area contributed by atoms with Crippen molar-refractivity contribution in [1.29, 1.82) is 0 Å². The standard InChI is InChI=1S/C15H19BrFN3O/c1-19-10-2-3-11(19)8-20(5-4-10)13-7-9(16)6-12(17)14(13)15(18)21/h6-7,10-11H,2-5,8H2,1H3,(H2,18,21). The first-order valence-corrected chi connectivity index (χ1v) is 8.02. The minimum absolute atomic E-state index is 0.00127. The van der Waals surface area contributed by atoms with E-state index in [9.17, 15) is 9.18 Å². The summed E-state index contributed by atoms with van der Waals surface area (Å²) in [7, 11) is 2.16. The molecule has 2 heterocycles. The van der Waals surface area contributed by atoms with E-state index in [-0.39, 0.29) is 5.56 Å². The summed E-state index contributed by atoms with van der Waals surface area (Å²) >= 11 is 3.31. The molecule has 2 atom stereocenters. The molecule has 0 radical (unpaired) electrons. The summed E-state index contributed by atoms with van der Waals surface area (Å²) in [5, 5.41) is 0. The second-order valence-corrected chi connectivity index (χ2v) is 6.85. The molecule has 2 aliphatic rings. The van der Waals surface area contributed by atoms with Crippen LogP contribution in [-0.4, -0.2) is 43.0 Å². The number of nitrogens with two attached hydrogens (primary N) is 1. The number of likely N-dealkylation sites (N-methyl/N-ethyl adjacent to an activating group) is 1. The molecule has 0 aliphatic carbocycles. The summed E-state index contributed by atoms with van der Waals surface area (Å²) in [5.41, 5.74) is 5.99. The number of carbonyl (C=O) groups is 1. The van der Waals surface area contributed by atoms with Gasteiger partial charge in [0.2, 0.25) is 0 Å². The third-order valence-electron chi connectivity index (χ3n) is 4.77. The van der Waals surface area contributed by atoms with E-state index in [1.807, 2.05) is 0 Å². The maximum atomic E-state index is 14.1. The molecule has 4 nitrogen and oxygen atoms in total. The number of benzene rings is 1. The van der Waals surface area contributed by atoms with Crippen LogP contribution in [0, 0.1) is 5.82 Å². The van der Waals surface area contributed by atoms with Crippen molar-refractivity contribution in [2.75, 3.05) is 25.0 Å². The predicted octanol–water partition coefficient (Wildman–Crippen LogP) is 2.36. The van der Waals surface area contributed by atoms with Gasteiger partial charge in [-0.15, -0.1) is 0 Å². The second-order valence-electron chi connectivity index (χ2n) is 5.93. The molecule has 2 unspecified atom stereocenters. The van der Waals surface area contributed by atoms with Gasteiger partial charge in [0.25, 0.3) is 5.91 Å². The predicted molar refractivity (Wildman–Crippen MR) is 84.0 cm³/mol. The van der Waals surface area contributed by atoms with E-state index in [2.05, 4.69) is 32.8 Å². The molecule has 0 aromatic heterocycles. The summed E-state index contributed by atoms with van der Waals surface area (Å²) in [6, 6.07) is 4.14. The minimum atomic E-state index is -0.710. The molecule has 1 aromatic carbocycles. The summed E-state index contributed by atoms with van der Waals surface area (Å²) in [5.74, 6) is -1.27. The lowest BCUT2D eigenvalue weighted by molar-refractivity contribution is 0.0997. The average molecular weight is 356 g/mol. The number of fused-ring (bicyclic) bond motifs is 2. The lowest BCUT2D eigenvalue weighted by Gasteiger charge is -2.29. The van der Waals surface area contributed by atoms with Crippen LogP contribution in [0.1, 0.15) is 29.6 Å². The van der Waals surface area contributed by atoms with Gasteiger partial charge >= 0.3 is 0 Å². The van der Waals surface area contributed by atoms with E-state index >= 15 is 0 Å². The van der Waals surface area contributed by atoms with Crippen LogP contribution < -0.4 is 10.6 Å². The van der Waals surface area contributed by atoms with E-state index in [1.54, 1.807) is 6.07 Å². The van der Waals surface area contributed by atoms with Crippen molar-refractivity contribution in [2.45, 2.75) is 31.3 Å². The van der Waals surface area contributed by atoms with E-state index in [4.69, 9.17) is 5.73 Å². The number of rotatable bonds is 2. The Morgan fingerprint density at radius 3 is 2.76 bits per heavy atom. The van der Waals surface area contributed by atoms with Gasteiger partial charge in [0, 0.05) is 29.6 Å². The first-order chi connectivity index (χ1) is 9.97. The Bertz CT molecular complexity index is 580. The number of carbonyl (C=O) groups excluding carboxylic acids is 1. The van der Waals surface area contributed by atoms with Gasteiger partial charge in [0.05, 0.1) is 11.3 Å². The molecule has 2 N–H and O–H groups in total. The molecule has 21 heavy (non-hydrogen) atoms. The van der Waals surface area contributed by atoms with Crippen molar-refractivity contribution in [3.05, 3.63) is 28.0 Å². The molecular formula is C15H19BrFN3O. The normalized spacial score (nSPS) is 26.0. The Hall–Kier alpha value is -1.14. The zero-order valence-corrected chi connectivity index (χ0v) is 13.6. The van der Waals surface area contributed by atoms with Crippen molar-refractivity contribution in [2.24, 2.45) is 5.73 Å². The van der Waals surface area contributed by atoms with Gasteiger partial charge in [-0.25, -0.2) is 4.39 Å². The Morgan fingerprint density at radius 2 is 2.05 bits per heavy atom. The molecule has 6 heteroatoms. The summed E-state index contributed by atoms with van der Waals surface area (Å²) in [6.45, 7) is 1.63. The molecule has 1 amide bonds. The molecule has 2 aliphatic heterocycles. The number of halogens is 2. The molecule has 2 fully saturated rings. The van der Waals surface area contributed by atoms with Crippen LogP contribution in [0.3, 0.4) is 0 Å². The molecule has 1 aromatic rings. The monoisotopic (exact) mass is 355 g/mol. The molecule has 2 bridgehead atoms. The van der Waals surface area contributed by atoms with E-state index in [0.717, 1.165) is 25.9 Å². The minimum Gasteiger partial charge on any atom is -0.369 e. The highest BCUT2D eigenvalue weighted by atomic mass is 79.9. The fourth-order valence-electron chi connectivity index (χ4n) is 3.58. The van der Waals surface area contributed by atoms with Crippen LogP contribution >= 0.6 is 15.9 Å². The summed E-state index contributed by atoms with van der Waals surface area (Å²) in [6.07, 6.45) is 3.41. The van der Waals surface area contributed by atoms with Gasteiger partial charge in [0.15, 0.2) is 0 Å². The Kier molecular flexibility index (Phi) is 3.92. The zero-order valence-electron chi connectivity index (χ0n) is 12.0. The van der Waals surface area contributed by atoms with Gasteiger partial charge in [0.1, 0.15) is 5.82 Å². The molecule has 3 rings (SSSR count). The number of anilines is 1. The highest BCUT2D eigenvalue weighted by molar-refractivity contribution is 9.10. The van der Waals surface area contributed by atoms with Crippen molar-refractivity contribution >= 4 is 27.5 Å². The van der Waals surface area contributed by atoms with Gasteiger partial charge in [-0.3, -0.25) is 9.69 Å². The average Bonchev–Trinajstić information content (AvgIpc) is 2.61. The molecule has 0 spiro atoms. The van der Waals surface area contributed by atoms with E-state index < -0.39 is 11.7 Å². The van der Waals surface area contributed by atoms with Gasteiger partial charge in [-0.1, -0.05) is 15.9 Å². The lowest BCUT2D eigenvalue weighted by atomic mass is 10.1.